The fourth-order valence-electron chi connectivity index (χ4n) is 3.77. The minimum atomic E-state index is -0.117. The molecule has 2 aromatic rings. The molecule has 0 radical (unpaired) electrons. The van der Waals surface area contributed by atoms with Gasteiger partial charge in [-0.15, -0.1) is 0 Å². The standard InChI is InChI=1S/C23H28BrNO2/c1-25(2)16-18-3-7-19(8-4-18)20-9-13-22(14-10-20)27-23(26)15-17-5-11-21(24)12-6-17/h3-8,11-12,20,22H,9-10,13-16H2,1-2H3/t20-,22-. The highest BCUT2D eigenvalue weighted by Crippen LogP contribution is 2.34. The average molecular weight is 430 g/mol. The Bertz CT molecular complexity index is 732. The summed E-state index contributed by atoms with van der Waals surface area (Å²) < 4.78 is 6.74. The third-order valence-corrected chi connectivity index (χ3v) is 5.71. The van der Waals surface area contributed by atoms with Crippen molar-refractivity contribution in [2.75, 3.05) is 14.1 Å². The molecule has 27 heavy (non-hydrogen) atoms. The second kappa shape index (κ2) is 9.52. The lowest BCUT2D eigenvalue weighted by Gasteiger charge is -2.28. The lowest BCUT2D eigenvalue weighted by atomic mass is 9.82. The Morgan fingerprint density at radius 1 is 0.963 bits per heavy atom. The molecule has 0 bridgehead atoms. The minimum Gasteiger partial charge on any atom is -0.462 e. The fourth-order valence-corrected chi connectivity index (χ4v) is 4.04. The number of esters is 1. The van der Waals surface area contributed by atoms with Crippen LogP contribution in [-0.4, -0.2) is 31.1 Å². The monoisotopic (exact) mass is 429 g/mol. The van der Waals surface area contributed by atoms with Gasteiger partial charge in [-0.25, -0.2) is 0 Å². The summed E-state index contributed by atoms with van der Waals surface area (Å²) in [6.07, 6.45) is 4.50. The van der Waals surface area contributed by atoms with Crippen LogP contribution < -0.4 is 0 Å². The van der Waals surface area contributed by atoms with Gasteiger partial charge in [0.25, 0.3) is 0 Å². The molecule has 0 N–H and O–H groups in total. The number of ether oxygens (including phenoxy) is 1. The van der Waals surface area contributed by atoms with E-state index >= 15 is 0 Å². The van der Waals surface area contributed by atoms with Crippen LogP contribution in [-0.2, 0) is 22.5 Å². The summed E-state index contributed by atoms with van der Waals surface area (Å²) in [6, 6.07) is 16.8. The van der Waals surface area contributed by atoms with Gasteiger partial charge in [-0.3, -0.25) is 4.79 Å². The third kappa shape index (κ3) is 6.18. The molecule has 0 amide bonds. The van der Waals surface area contributed by atoms with Crippen molar-refractivity contribution in [3.63, 3.8) is 0 Å². The Morgan fingerprint density at radius 3 is 2.15 bits per heavy atom. The van der Waals surface area contributed by atoms with Crippen LogP contribution in [0.1, 0.15) is 48.3 Å². The van der Waals surface area contributed by atoms with Gasteiger partial charge in [0.2, 0.25) is 0 Å². The Kier molecular flexibility index (Phi) is 7.08. The molecule has 0 saturated heterocycles. The summed E-state index contributed by atoms with van der Waals surface area (Å²) in [5, 5.41) is 0. The number of benzene rings is 2. The molecular formula is C23H28BrNO2. The van der Waals surface area contributed by atoms with E-state index in [1.165, 1.54) is 11.1 Å². The number of hydrogen-bond donors (Lipinski definition) is 0. The number of nitrogens with zero attached hydrogens (tertiary/aromatic N) is 1. The zero-order valence-corrected chi connectivity index (χ0v) is 17.7. The first-order valence-corrected chi connectivity index (χ1v) is 10.5. The molecule has 0 aromatic heterocycles. The first kappa shape index (κ1) is 20.1. The third-order valence-electron chi connectivity index (χ3n) is 5.18. The van der Waals surface area contributed by atoms with Crippen LogP contribution >= 0.6 is 15.9 Å². The van der Waals surface area contributed by atoms with Gasteiger partial charge in [-0.1, -0.05) is 52.3 Å². The summed E-state index contributed by atoms with van der Waals surface area (Å²) in [7, 11) is 4.18. The van der Waals surface area contributed by atoms with E-state index < -0.39 is 0 Å². The molecule has 3 nitrogen and oxygen atoms in total. The van der Waals surface area contributed by atoms with E-state index in [1.54, 1.807) is 0 Å². The van der Waals surface area contributed by atoms with Gasteiger partial charge in [0, 0.05) is 11.0 Å². The maximum atomic E-state index is 12.2. The van der Waals surface area contributed by atoms with Gasteiger partial charge in [0.15, 0.2) is 0 Å². The lowest BCUT2D eigenvalue weighted by molar-refractivity contribution is -0.149. The molecule has 1 fully saturated rings. The molecule has 2 aromatic carbocycles. The number of hydrogen-bond acceptors (Lipinski definition) is 3. The molecule has 0 spiro atoms. The first-order chi connectivity index (χ1) is 13.0. The van der Waals surface area contributed by atoms with Gasteiger partial charge in [0.05, 0.1) is 6.42 Å². The summed E-state index contributed by atoms with van der Waals surface area (Å²) in [6.45, 7) is 0.974. The summed E-state index contributed by atoms with van der Waals surface area (Å²) >= 11 is 3.41. The Hall–Kier alpha value is -1.65. The molecule has 144 valence electrons. The van der Waals surface area contributed by atoms with Crippen LogP contribution in [0.4, 0.5) is 0 Å². The van der Waals surface area contributed by atoms with E-state index in [1.807, 2.05) is 24.3 Å². The molecule has 4 heteroatoms. The van der Waals surface area contributed by atoms with Crippen LogP contribution in [0.3, 0.4) is 0 Å². The highest BCUT2D eigenvalue weighted by atomic mass is 79.9. The smallest absolute Gasteiger partial charge is 0.310 e. The zero-order valence-electron chi connectivity index (χ0n) is 16.2. The second-order valence-electron chi connectivity index (χ2n) is 7.75. The van der Waals surface area contributed by atoms with Crippen molar-refractivity contribution in [2.24, 2.45) is 0 Å². The van der Waals surface area contributed by atoms with Crippen LogP contribution in [0, 0.1) is 0 Å². The topological polar surface area (TPSA) is 29.5 Å². The van der Waals surface area contributed by atoms with Gasteiger partial charge >= 0.3 is 5.97 Å². The molecule has 3 rings (SSSR count). The zero-order chi connectivity index (χ0) is 19.2. The van der Waals surface area contributed by atoms with Crippen LogP contribution in [0.25, 0.3) is 0 Å². The van der Waals surface area contributed by atoms with Gasteiger partial charge < -0.3 is 9.64 Å². The van der Waals surface area contributed by atoms with Crippen molar-refractivity contribution >= 4 is 21.9 Å². The summed E-state index contributed by atoms with van der Waals surface area (Å²) in [5.41, 5.74) is 3.76. The average Bonchev–Trinajstić information content (AvgIpc) is 2.64. The summed E-state index contributed by atoms with van der Waals surface area (Å²) in [5.74, 6) is 0.466. The number of carbonyl (C=O) groups excluding carboxylic acids is 1. The van der Waals surface area contributed by atoms with Crippen molar-refractivity contribution in [3.8, 4) is 0 Å². The number of rotatable bonds is 6. The van der Waals surface area contributed by atoms with Crippen molar-refractivity contribution in [1.29, 1.82) is 0 Å². The van der Waals surface area contributed by atoms with E-state index in [9.17, 15) is 4.79 Å². The number of halogens is 1. The van der Waals surface area contributed by atoms with Crippen molar-refractivity contribution in [2.45, 2.75) is 50.7 Å². The van der Waals surface area contributed by atoms with E-state index in [4.69, 9.17) is 4.74 Å². The van der Waals surface area contributed by atoms with E-state index in [2.05, 4.69) is 59.2 Å². The van der Waals surface area contributed by atoms with Crippen molar-refractivity contribution < 1.29 is 9.53 Å². The second-order valence-corrected chi connectivity index (χ2v) is 8.66. The fraction of sp³-hybridized carbons (Fsp3) is 0.435. The maximum Gasteiger partial charge on any atom is 0.310 e. The maximum absolute atomic E-state index is 12.2. The molecule has 0 aliphatic heterocycles. The quantitative estimate of drug-likeness (QED) is 0.581. The van der Waals surface area contributed by atoms with Crippen LogP contribution in [0.15, 0.2) is 53.0 Å². The van der Waals surface area contributed by atoms with Crippen LogP contribution in [0.5, 0.6) is 0 Å². The molecule has 0 heterocycles. The lowest BCUT2D eigenvalue weighted by Crippen LogP contribution is -2.24. The molecule has 0 unspecified atom stereocenters. The van der Waals surface area contributed by atoms with Crippen molar-refractivity contribution in [3.05, 3.63) is 69.7 Å². The molecule has 0 atom stereocenters. The normalized spacial score (nSPS) is 19.9. The molecule has 1 aliphatic carbocycles. The number of carbonyl (C=O) groups is 1. The van der Waals surface area contributed by atoms with Gasteiger partial charge in [0.1, 0.15) is 6.10 Å². The predicted octanol–water partition coefficient (Wildman–Crippen LogP) is 5.32. The SMILES string of the molecule is CN(C)Cc1ccc([C@H]2CC[C@H](OC(=O)Cc3ccc(Br)cc3)CC2)cc1. The largest absolute Gasteiger partial charge is 0.462 e. The van der Waals surface area contributed by atoms with E-state index in [-0.39, 0.29) is 12.1 Å². The minimum absolute atomic E-state index is 0.0669. The van der Waals surface area contributed by atoms with Gasteiger partial charge in [-0.2, -0.15) is 0 Å². The van der Waals surface area contributed by atoms with Crippen molar-refractivity contribution in [1.82, 2.24) is 4.90 Å². The Balaban J connectivity index is 1.45. The van der Waals surface area contributed by atoms with Gasteiger partial charge in [-0.05, 0) is 74.5 Å². The Labute approximate surface area is 170 Å². The molecule has 1 saturated carbocycles. The molecule has 1 aliphatic rings. The first-order valence-electron chi connectivity index (χ1n) is 9.67. The summed E-state index contributed by atoms with van der Waals surface area (Å²) in [4.78, 5) is 14.4. The predicted molar refractivity (Wildman–Crippen MR) is 113 cm³/mol. The highest BCUT2D eigenvalue weighted by molar-refractivity contribution is 9.10. The van der Waals surface area contributed by atoms with E-state index in [0.29, 0.717) is 12.3 Å². The highest BCUT2D eigenvalue weighted by Gasteiger charge is 2.25. The molecular weight excluding hydrogens is 402 g/mol. The van der Waals surface area contributed by atoms with Crippen LogP contribution in [0.2, 0.25) is 0 Å². The Morgan fingerprint density at radius 2 is 1.56 bits per heavy atom. The van der Waals surface area contributed by atoms with E-state index in [0.717, 1.165) is 42.3 Å².